The number of hydrogen-bond donors (Lipinski definition) is 0. The van der Waals surface area contributed by atoms with Crippen LogP contribution in [0.25, 0.3) is 0 Å². The number of ether oxygens (including phenoxy) is 1. The van der Waals surface area contributed by atoms with Gasteiger partial charge in [-0.05, 0) is 6.92 Å². The van der Waals surface area contributed by atoms with Gasteiger partial charge < -0.3 is 9.64 Å². The fourth-order valence-electron chi connectivity index (χ4n) is 1.59. The van der Waals surface area contributed by atoms with Gasteiger partial charge in [0.05, 0.1) is 19.3 Å². The van der Waals surface area contributed by atoms with Crippen LogP contribution in [0.2, 0.25) is 0 Å². The second-order valence-corrected chi connectivity index (χ2v) is 4.94. The largest absolute Gasteiger partial charge is 0.377 e. The molecule has 0 saturated carbocycles. The van der Waals surface area contributed by atoms with E-state index in [1.54, 1.807) is 0 Å². The molecule has 1 saturated heterocycles. The summed E-state index contributed by atoms with van der Waals surface area (Å²) >= 11 is 1.50. The van der Waals surface area contributed by atoms with Crippen LogP contribution in [0, 0.1) is 0 Å². The van der Waals surface area contributed by atoms with Crippen molar-refractivity contribution < 1.29 is 4.74 Å². The van der Waals surface area contributed by atoms with Crippen molar-refractivity contribution in [3.05, 3.63) is 5.82 Å². The molecule has 2 rings (SSSR count). The van der Waals surface area contributed by atoms with Gasteiger partial charge in [-0.3, -0.25) is 0 Å². The van der Waals surface area contributed by atoms with Crippen molar-refractivity contribution in [2.24, 2.45) is 0 Å². The van der Waals surface area contributed by atoms with Crippen molar-refractivity contribution in [2.45, 2.75) is 32.7 Å². The van der Waals surface area contributed by atoms with E-state index >= 15 is 0 Å². The summed E-state index contributed by atoms with van der Waals surface area (Å²) in [5.74, 6) is 1.36. The maximum atomic E-state index is 5.40. The van der Waals surface area contributed by atoms with E-state index in [0.717, 1.165) is 30.7 Å². The standard InChI is InChI=1S/C10H17N3OS/c1-7(2)9-11-10(15-12-9)13-4-5-14-6-8(13)3/h7-8H,4-6H2,1-3H3/t8-/m0/s1. The van der Waals surface area contributed by atoms with Crippen molar-refractivity contribution in [2.75, 3.05) is 24.7 Å². The van der Waals surface area contributed by atoms with Crippen LogP contribution >= 0.6 is 11.5 Å². The second kappa shape index (κ2) is 4.45. The van der Waals surface area contributed by atoms with E-state index < -0.39 is 0 Å². The minimum Gasteiger partial charge on any atom is -0.377 e. The molecular weight excluding hydrogens is 210 g/mol. The molecule has 0 bridgehead atoms. The summed E-state index contributed by atoms with van der Waals surface area (Å²) < 4.78 is 9.78. The van der Waals surface area contributed by atoms with Gasteiger partial charge in [-0.2, -0.15) is 4.37 Å². The van der Waals surface area contributed by atoms with Gasteiger partial charge >= 0.3 is 0 Å². The van der Waals surface area contributed by atoms with Crippen LogP contribution in [0.4, 0.5) is 5.13 Å². The zero-order valence-electron chi connectivity index (χ0n) is 9.43. The molecule has 5 heteroatoms. The van der Waals surface area contributed by atoms with E-state index in [-0.39, 0.29) is 0 Å². The molecule has 0 spiro atoms. The van der Waals surface area contributed by atoms with Gasteiger partial charge in [0.15, 0.2) is 0 Å². The third-order valence-corrected chi connectivity index (χ3v) is 3.33. The van der Waals surface area contributed by atoms with Crippen LogP contribution in [-0.4, -0.2) is 35.2 Å². The highest BCUT2D eigenvalue weighted by molar-refractivity contribution is 7.09. The summed E-state index contributed by atoms with van der Waals surface area (Å²) in [7, 11) is 0. The van der Waals surface area contributed by atoms with Gasteiger partial charge in [0.25, 0.3) is 0 Å². The molecule has 1 aliphatic rings. The van der Waals surface area contributed by atoms with Gasteiger partial charge in [-0.15, -0.1) is 0 Å². The Kier molecular flexibility index (Phi) is 3.21. The third kappa shape index (κ3) is 2.29. The molecular formula is C10H17N3OS. The SMILES string of the molecule is CC(C)c1nsc(N2CCOC[C@@H]2C)n1. The Hall–Kier alpha value is -0.680. The molecule has 0 N–H and O–H groups in total. The first kappa shape index (κ1) is 10.8. The summed E-state index contributed by atoms with van der Waals surface area (Å²) in [5.41, 5.74) is 0. The van der Waals surface area contributed by atoms with Crippen LogP contribution in [-0.2, 0) is 4.74 Å². The summed E-state index contributed by atoms with van der Waals surface area (Å²) in [4.78, 5) is 6.85. The molecule has 84 valence electrons. The van der Waals surface area contributed by atoms with E-state index in [4.69, 9.17) is 4.74 Å². The summed E-state index contributed by atoms with van der Waals surface area (Å²) in [5, 5.41) is 1.04. The van der Waals surface area contributed by atoms with Crippen LogP contribution in [0.1, 0.15) is 32.5 Å². The summed E-state index contributed by atoms with van der Waals surface area (Å²) in [6.45, 7) is 8.91. The lowest BCUT2D eigenvalue weighted by Crippen LogP contribution is -2.43. The molecule has 1 aromatic heterocycles. The lowest BCUT2D eigenvalue weighted by atomic mass is 10.2. The van der Waals surface area contributed by atoms with Gasteiger partial charge in [0.1, 0.15) is 5.82 Å². The Labute approximate surface area is 94.4 Å². The van der Waals surface area contributed by atoms with Crippen molar-refractivity contribution >= 4 is 16.7 Å². The third-order valence-electron chi connectivity index (χ3n) is 2.56. The van der Waals surface area contributed by atoms with Crippen LogP contribution in [0.15, 0.2) is 0 Å². The lowest BCUT2D eigenvalue weighted by Gasteiger charge is -2.32. The quantitative estimate of drug-likeness (QED) is 0.773. The molecule has 0 unspecified atom stereocenters. The topological polar surface area (TPSA) is 38.2 Å². The maximum Gasteiger partial charge on any atom is 0.205 e. The zero-order valence-corrected chi connectivity index (χ0v) is 10.3. The van der Waals surface area contributed by atoms with Crippen LogP contribution in [0.3, 0.4) is 0 Å². The van der Waals surface area contributed by atoms with Gasteiger partial charge in [-0.25, -0.2) is 4.98 Å². The van der Waals surface area contributed by atoms with Crippen molar-refractivity contribution in [3.63, 3.8) is 0 Å². The molecule has 0 radical (unpaired) electrons. The molecule has 2 heterocycles. The van der Waals surface area contributed by atoms with Gasteiger partial charge in [0.2, 0.25) is 5.13 Å². The lowest BCUT2D eigenvalue weighted by molar-refractivity contribution is 0.0989. The minimum absolute atomic E-state index is 0.409. The average molecular weight is 227 g/mol. The van der Waals surface area contributed by atoms with E-state index in [1.807, 2.05) is 0 Å². The fourth-order valence-corrected chi connectivity index (χ4v) is 2.53. The predicted molar refractivity (Wildman–Crippen MR) is 61.6 cm³/mol. The Morgan fingerprint density at radius 1 is 1.53 bits per heavy atom. The summed E-state index contributed by atoms with van der Waals surface area (Å²) in [6.07, 6.45) is 0. The first-order valence-corrected chi connectivity index (χ1v) is 6.14. The Morgan fingerprint density at radius 3 is 2.93 bits per heavy atom. The highest BCUT2D eigenvalue weighted by Crippen LogP contribution is 2.24. The van der Waals surface area contributed by atoms with Gasteiger partial charge in [0, 0.05) is 24.0 Å². The average Bonchev–Trinajstić information content (AvgIpc) is 2.67. The smallest absolute Gasteiger partial charge is 0.205 e. The predicted octanol–water partition coefficient (Wildman–Crippen LogP) is 1.89. The van der Waals surface area contributed by atoms with Crippen molar-refractivity contribution in [1.29, 1.82) is 0 Å². The molecule has 4 nitrogen and oxygen atoms in total. The summed E-state index contributed by atoms with van der Waals surface area (Å²) in [6, 6.07) is 0.409. The highest BCUT2D eigenvalue weighted by Gasteiger charge is 2.22. The molecule has 1 aromatic rings. The number of nitrogens with zero attached hydrogens (tertiary/aromatic N) is 3. The first-order valence-electron chi connectivity index (χ1n) is 5.36. The normalized spacial score (nSPS) is 22.4. The number of morpholine rings is 1. The van der Waals surface area contributed by atoms with E-state index in [0.29, 0.717) is 12.0 Å². The molecule has 0 aromatic carbocycles. The number of anilines is 1. The van der Waals surface area contributed by atoms with E-state index in [9.17, 15) is 0 Å². The highest BCUT2D eigenvalue weighted by atomic mass is 32.1. The van der Waals surface area contributed by atoms with Gasteiger partial charge in [-0.1, -0.05) is 13.8 Å². The molecule has 1 atom stereocenters. The molecule has 1 aliphatic heterocycles. The van der Waals surface area contributed by atoms with Crippen LogP contribution in [0.5, 0.6) is 0 Å². The molecule has 0 aliphatic carbocycles. The van der Waals surface area contributed by atoms with Crippen molar-refractivity contribution in [3.8, 4) is 0 Å². The Morgan fingerprint density at radius 2 is 2.33 bits per heavy atom. The number of rotatable bonds is 2. The Balaban J connectivity index is 2.13. The van der Waals surface area contributed by atoms with E-state index in [1.165, 1.54) is 11.5 Å². The first-order chi connectivity index (χ1) is 7.18. The molecule has 15 heavy (non-hydrogen) atoms. The number of aromatic nitrogens is 2. The maximum absolute atomic E-state index is 5.40. The fraction of sp³-hybridized carbons (Fsp3) is 0.800. The zero-order chi connectivity index (χ0) is 10.8. The number of hydrogen-bond acceptors (Lipinski definition) is 5. The Bertz CT molecular complexity index is 326. The van der Waals surface area contributed by atoms with Crippen molar-refractivity contribution in [1.82, 2.24) is 9.36 Å². The minimum atomic E-state index is 0.409. The monoisotopic (exact) mass is 227 g/mol. The second-order valence-electron chi connectivity index (χ2n) is 4.21. The van der Waals surface area contributed by atoms with E-state index in [2.05, 4.69) is 35.0 Å². The molecule has 1 fully saturated rings. The van der Waals surface area contributed by atoms with Crippen LogP contribution < -0.4 is 4.90 Å². The molecule has 0 amide bonds.